The lowest BCUT2D eigenvalue weighted by Gasteiger charge is -2.32. The molecule has 6 nitrogen and oxygen atoms in total. The molecule has 1 saturated heterocycles. The number of nitrogens with one attached hydrogen (secondary N) is 2. The van der Waals surface area contributed by atoms with Gasteiger partial charge in [0.2, 0.25) is 0 Å². The summed E-state index contributed by atoms with van der Waals surface area (Å²) in [5.41, 5.74) is 1.63. The first kappa shape index (κ1) is 15.0. The maximum absolute atomic E-state index is 12.1. The van der Waals surface area contributed by atoms with Crippen LogP contribution in [0, 0.1) is 0 Å². The minimum Gasteiger partial charge on any atom is -0.472 e. The lowest BCUT2D eigenvalue weighted by molar-refractivity contribution is 0.0930. The Bertz CT molecular complexity index is 787. The van der Waals surface area contributed by atoms with Crippen LogP contribution >= 0.6 is 11.3 Å². The molecule has 0 radical (unpaired) electrons. The van der Waals surface area contributed by atoms with Crippen LogP contribution in [0.1, 0.15) is 23.2 Å². The predicted molar refractivity (Wildman–Crippen MR) is 93.3 cm³/mol. The zero-order valence-electron chi connectivity index (χ0n) is 13.1. The Labute approximate surface area is 143 Å². The number of hydrogen-bond acceptors (Lipinski definition) is 5. The van der Waals surface area contributed by atoms with Gasteiger partial charge in [-0.05, 0) is 30.4 Å². The lowest BCUT2D eigenvalue weighted by Crippen LogP contribution is -2.44. The van der Waals surface area contributed by atoms with E-state index in [0.717, 1.165) is 37.4 Å². The normalized spacial score (nSPS) is 15.6. The Morgan fingerprint density at radius 2 is 2.25 bits per heavy atom. The van der Waals surface area contributed by atoms with E-state index in [1.165, 1.54) is 17.4 Å². The van der Waals surface area contributed by atoms with Crippen molar-refractivity contribution in [3.63, 3.8) is 0 Å². The molecule has 1 aliphatic rings. The smallest absolute Gasteiger partial charge is 0.254 e. The van der Waals surface area contributed by atoms with Gasteiger partial charge in [-0.15, -0.1) is 11.3 Å². The highest BCUT2D eigenvalue weighted by molar-refractivity contribution is 7.13. The fourth-order valence-corrected chi connectivity index (χ4v) is 3.64. The SMILES string of the molecule is O=C(NC1CCN(c2cc(-c3cccs3)[nH]n2)CC1)c1ccoc1. The molecule has 0 spiro atoms. The van der Waals surface area contributed by atoms with Gasteiger partial charge in [0.15, 0.2) is 5.82 Å². The van der Waals surface area contributed by atoms with Crippen LogP contribution in [0.4, 0.5) is 5.82 Å². The number of amides is 1. The van der Waals surface area contributed by atoms with Gasteiger partial charge in [-0.25, -0.2) is 0 Å². The number of nitrogens with zero attached hydrogens (tertiary/aromatic N) is 2. The first-order chi connectivity index (χ1) is 11.8. The second-order valence-corrected chi connectivity index (χ2v) is 6.81. The summed E-state index contributed by atoms with van der Waals surface area (Å²) in [5.74, 6) is 0.903. The Morgan fingerprint density at radius 3 is 2.96 bits per heavy atom. The second kappa shape index (κ2) is 6.52. The standard InChI is InChI=1S/C17H18N4O2S/c22-17(12-5-8-23-11-12)18-13-3-6-21(7-4-13)16-10-14(19-20-16)15-2-1-9-24-15/h1-2,5,8-11,13H,3-4,6-7H2,(H,18,22)(H,19,20). The number of H-pyrrole nitrogens is 1. The Morgan fingerprint density at radius 1 is 1.38 bits per heavy atom. The summed E-state index contributed by atoms with van der Waals surface area (Å²) in [6.07, 6.45) is 4.80. The Hall–Kier alpha value is -2.54. The quantitative estimate of drug-likeness (QED) is 0.764. The maximum atomic E-state index is 12.1. The number of aromatic amines is 1. The van der Waals surface area contributed by atoms with Crippen LogP contribution in [0.15, 0.2) is 46.6 Å². The van der Waals surface area contributed by atoms with Gasteiger partial charge in [0, 0.05) is 25.2 Å². The molecule has 4 heterocycles. The summed E-state index contributed by atoms with van der Waals surface area (Å²) in [6, 6.07) is 8.09. The monoisotopic (exact) mass is 342 g/mol. The fourth-order valence-electron chi connectivity index (χ4n) is 2.95. The van der Waals surface area contributed by atoms with Gasteiger partial charge >= 0.3 is 0 Å². The largest absolute Gasteiger partial charge is 0.472 e. The van der Waals surface area contributed by atoms with Crippen LogP contribution in [0.5, 0.6) is 0 Å². The Kier molecular flexibility index (Phi) is 4.08. The van der Waals surface area contributed by atoms with E-state index >= 15 is 0 Å². The van der Waals surface area contributed by atoms with Gasteiger partial charge in [-0.2, -0.15) is 5.10 Å². The number of furan rings is 1. The van der Waals surface area contributed by atoms with E-state index in [2.05, 4.69) is 37.9 Å². The minimum absolute atomic E-state index is 0.0676. The molecule has 24 heavy (non-hydrogen) atoms. The fraction of sp³-hybridized carbons (Fsp3) is 0.294. The zero-order chi connectivity index (χ0) is 16.4. The summed E-state index contributed by atoms with van der Waals surface area (Å²) in [6.45, 7) is 1.76. The first-order valence-corrected chi connectivity index (χ1v) is 8.85. The van der Waals surface area contributed by atoms with Crippen LogP contribution in [0.3, 0.4) is 0 Å². The molecule has 3 aromatic heterocycles. The van der Waals surface area contributed by atoms with E-state index in [1.54, 1.807) is 17.4 Å². The van der Waals surface area contributed by atoms with Gasteiger partial charge in [0.05, 0.1) is 22.4 Å². The van der Waals surface area contributed by atoms with Crippen LogP contribution in [0.25, 0.3) is 10.6 Å². The summed E-state index contributed by atoms with van der Waals surface area (Å²) in [7, 11) is 0. The third-order valence-corrected chi connectivity index (χ3v) is 5.19. The predicted octanol–water partition coefficient (Wildman–Crippen LogP) is 3.13. The van der Waals surface area contributed by atoms with Crippen molar-refractivity contribution < 1.29 is 9.21 Å². The second-order valence-electron chi connectivity index (χ2n) is 5.86. The molecular formula is C17H18N4O2S. The number of carbonyl (C=O) groups excluding carboxylic acids is 1. The first-order valence-electron chi connectivity index (χ1n) is 7.97. The number of hydrogen-bond donors (Lipinski definition) is 2. The molecule has 1 fully saturated rings. The number of aromatic nitrogens is 2. The average molecular weight is 342 g/mol. The van der Waals surface area contributed by atoms with Gasteiger partial charge in [0.1, 0.15) is 6.26 Å². The van der Waals surface area contributed by atoms with Crippen LogP contribution in [0.2, 0.25) is 0 Å². The molecule has 0 atom stereocenters. The number of thiophene rings is 1. The van der Waals surface area contributed by atoms with Crippen LogP contribution in [-0.4, -0.2) is 35.2 Å². The molecule has 1 aliphatic heterocycles. The van der Waals surface area contributed by atoms with E-state index in [9.17, 15) is 4.79 Å². The van der Waals surface area contributed by atoms with E-state index in [0.29, 0.717) is 5.56 Å². The van der Waals surface area contributed by atoms with Crippen molar-refractivity contribution in [3.8, 4) is 10.6 Å². The van der Waals surface area contributed by atoms with Crippen molar-refractivity contribution >= 4 is 23.1 Å². The third kappa shape index (κ3) is 3.07. The van der Waals surface area contributed by atoms with Crippen molar-refractivity contribution in [2.24, 2.45) is 0 Å². The molecule has 0 aliphatic carbocycles. The summed E-state index contributed by atoms with van der Waals surface area (Å²) in [4.78, 5) is 15.5. The highest BCUT2D eigenvalue weighted by Gasteiger charge is 2.23. The minimum atomic E-state index is -0.0676. The molecule has 0 unspecified atom stereocenters. The van der Waals surface area contributed by atoms with Crippen LogP contribution in [-0.2, 0) is 0 Å². The third-order valence-electron chi connectivity index (χ3n) is 4.29. The summed E-state index contributed by atoms with van der Waals surface area (Å²) < 4.78 is 4.95. The highest BCUT2D eigenvalue weighted by atomic mass is 32.1. The van der Waals surface area contributed by atoms with Crippen LogP contribution < -0.4 is 10.2 Å². The molecule has 0 aromatic carbocycles. The number of rotatable bonds is 4. The zero-order valence-corrected chi connectivity index (χ0v) is 13.9. The van der Waals surface area contributed by atoms with Gasteiger partial charge in [0.25, 0.3) is 5.91 Å². The molecule has 7 heteroatoms. The number of carbonyl (C=O) groups is 1. The molecule has 124 valence electrons. The summed E-state index contributed by atoms with van der Waals surface area (Å²) in [5, 5.41) is 12.7. The maximum Gasteiger partial charge on any atom is 0.254 e. The molecule has 2 N–H and O–H groups in total. The average Bonchev–Trinajstić information content (AvgIpc) is 3.35. The molecule has 4 rings (SSSR count). The molecule has 0 bridgehead atoms. The number of anilines is 1. The molecule has 3 aromatic rings. The molecular weight excluding hydrogens is 324 g/mol. The van der Waals surface area contributed by atoms with Crippen molar-refractivity contribution in [1.82, 2.24) is 15.5 Å². The van der Waals surface area contributed by atoms with E-state index in [-0.39, 0.29) is 11.9 Å². The van der Waals surface area contributed by atoms with Gasteiger partial charge in [-0.1, -0.05) is 6.07 Å². The molecule has 0 saturated carbocycles. The Balaban J connectivity index is 1.34. The van der Waals surface area contributed by atoms with Crippen molar-refractivity contribution in [2.75, 3.05) is 18.0 Å². The number of piperidine rings is 1. The molecule has 1 amide bonds. The van der Waals surface area contributed by atoms with E-state index in [4.69, 9.17) is 4.42 Å². The topological polar surface area (TPSA) is 74.2 Å². The lowest BCUT2D eigenvalue weighted by atomic mass is 10.0. The summed E-state index contributed by atoms with van der Waals surface area (Å²) >= 11 is 1.70. The van der Waals surface area contributed by atoms with Crippen molar-refractivity contribution in [3.05, 3.63) is 47.7 Å². The van der Waals surface area contributed by atoms with E-state index in [1.807, 2.05) is 6.07 Å². The van der Waals surface area contributed by atoms with E-state index < -0.39 is 0 Å². The van der Waals surface area contributed by atoms with Crippen molar-refractivity contribution in [2.45, 2.75) is 18.9 Å². The van der Waals surface area contributed by atoms with Gasteiger partial charge < -0.3 is 14.6 Å². The van der Waals surface area contributed by atoms with Crippen molar-refractivity contribution in [1.29, 1.82) is 0 Å². The van der Waals surface area contributed by atoms with Gasteiger partial charge in [-0.3, -0.25) is 9.89 Å². The highest BCUT2D eigenvalue weighted by Crippen LogP contribution is 2.27.